The summed E-state index contributed by atoms with van der Waals surface area (Å²) in [6.45, 7) is 4.65. The number of nitrogens with zero attached hydrogens (tertiary/aromatic N) is 4. The molecule has 2 saturated heterocycles. The largest absolute Gasteiger partial charge is 0.346 e. The van der Waals surface area contributed by atoms with Crippen molar-refractivity contribution in [3.05, 3.63) is 0 Å². The number of piperidine rings is 2. The van der Waals surface area contributed by atoms with Gasteiger partial charge in [0.25, 0.3) is 0 Å². The van der Waals surface area contributed by atoms with E-state index in [0.717, 1.165) is 37.1 Å². The maximum atomic E-state index is 12.4. The predicted octanol–water partition coefficient (Wildman–Crippen LogP) is 3.51. The molecular weight excluding hydrogens is 346 g/mol. The van der Waals surface area contributed by atoms with Crippen LogP contribution in [0.25, 0.3) is 0 Å². The van der Waals surface area contributed by atoms with Gasteiger partial charge < -0.3 is 15.1 Å². The third-order valence-corrected chi connectivity index (χ3v) is 7.16. The molecule has 0 bridgehead atoms. The first-order valence-corrected chi connectivity index (χ1v) is 11.2. The fraction of sp³-hybridized carbons (Fsp3) is 0.842. The number of carbonyl (C=O) groups is 1. The summed E-state index contributed by atoms with van der Waals surface area (Å²) < 4.78 is 0. The van der Waals surface area contributed by atoms with E-state index < -0.39 is 0 Å². The van der Waals surface area contributed by atoms with Gasteiger partial charge in [-0.3, -0.25) is 4.79 Å². The molecule has 1 aromatic rings. The summed E-state index contributed by atoms with van der Waals surface area (Å²) in [6, 6.07) is 0.741. The molecule has 6 nitrogen and oxygen atoms in total. The fourth-order valence-corrected chi connectivity index (χ4v) is 5.47. The minimum absolute atomic E-state index is 0.135. The summed E-state index contributed by atoms with van der Waals surface area (Å²) in [5.41, 5.74) is 0. The zero-order valence-electron chi connectivity index (χ0n) is 15.7. The molecule has 0 atom stereocenters. The number of carbonyl (C=O) groups excluding carboxylic acids is 1. The van der Waals surface area contributed by atoms with Crippen molar-refractivity contribution in [1.82, 2.24) is 15.1 Å². The highest BCUT2D eigenvalue weighted by atomic mass is 32.1. The van der Waals surface area contributed by atoms with Crippen LogP contribution in [-0.4, -0.2) is 53.2 Å². The molecule has 0 radical (unpaired) electrons. The third-order valence-electron chi connectivity index (χ3n) is 6.26. The van der Waals surface area contributed by atoms with Gasteiger partial charge in [0.05, 0.1) is 0 Å². The Bertz CT molecular complexity index is 587. The Kier molecular flexibility index (Phi) is 6.05. The number of hydrogen-bond donors (Lipinski definition) is 1. The van der Waals surface area contributed by atoms with Crippen LogP contribution in [0.4, 0.5) is 10.3 Å². The van der Waals surface area contributed by atoms with Gasteiger partial charge in [0, 0.05) is 25.0 Å². The first-order chi connectivity index (χ1) is 12.8. The van der Waals surface area contributed by atoms with Gasteiger partial charge in [-0.05, 0) is 51.6 Å². The van der Waals surface area contributed by atoms with Crippen molar-refractivity contribution in [3.63, 3.8) is 0 Å². The summed E-state index contributed by atoms with van der Waals surface area (Å²) in [5, 5.41) is 13.2. The predicted molar refractivity (Wildman–Crippen MR) is 106 cm³/mol. The summed E-state index contributed by atoms with van der Waals surface area (Å²) in [7, 11) is 0. The van der Waals surface area contributed by atoms with Crippen molar-refractivity contribution in [2.45, 2.75) is 70.3 Å². The van der Waals surface area contributed by atoms with Crippen LogP contribution in [0.1, 0.15) is 64.2 Å². The molecule has 0 unspecified atom stereocenters. The molecule has 1 amide bonds. The second-order valence-corrected chi connectivity index (χ2v) is 8.98. The van der Waals surface area contributed by atoms with E-state index in [-0.39, 0.29) is 11.8 Å². The van der Waals surface area contributed by atoms with Gasteiger partial charge in [-0.1, -0.05) is 37.0 Å². The third kappa shape index (κ3) is 4.36. The highest BCUT2D eigenvalue weighted by molar-refractivity contribution is 7.19. The minimum atomic E-state index is 0.135. The lowest BCUT2D eigenvalue weighted by atomic mass is 9.89. The first kappa shape index (κ1) is 18.2. The SMILES string of the molecule is O=C(Nc1nnc(N2CCC(N3CCCCC3)CC2)s1)C1CCCCC1. The average Bonchev–Trinajstić information content (AvgIpc) is 3.18. The number of rotatable bonds is 4. The molecule has 3 fully saturated rings. The van der Waals surface area contributed by atoms with Crippen LogP contribution >= 0.6 is 11.3 Å². The van der Waals surface area contributed by atoms with Crippen molar-refractivity contribution in [2.24, 2.45) is 5.92 Å². The van der Waals surface area contributed by atoms with Crippen LogP contribution in [-0.2, 0) is 4.79 Å². The Labute approximate surface area is 160 Å². The maximum absolute atomic E-state index is 12.4. The molecule has 3 heterocycles. The van der Waals surface area contributed by atoms with Gasteiger partial charge in [-0.25, -0.2) is 0 Å². The lowest BCUT2D eigenvalue weighted by molar-refractivity contribution is -0.120. The summed E-state index contributed by atoms with van der Waals surface area (Å²) in [5.74, 6) is 0.299. The van der Waals surface area contributed by atoms with Gasteiger partial charge in [-0.2, -0.15) is 0 Å². The molecule has 144 valence electrons. The van der Waals surface area contributed by atoms with E-state index >= 15 is 0 Å². The summed E-state index contributed by atoms with van der Waals surface area (Å²) >= 11 is 1.53. The molecule has 4 rings (SSSR count). The van der Waals surface area contributed by atoms with E-state index in [0.29, 0.717) is 5.13 Å². The van der Waals surface area contributed by atoms with Gasteiger partial charge in [0.15, 0.2) is 0 Å². The van der Waals surface area contributed by atoms with E-state index in [1.165, 1.54) is 75.8 Å². The molecule has 26 heavy (non-hydrogen) atoms. The molecule has 1 aromatic heterocycles. The lowest BCUT2D eigenvalue weighted by Crippen LogP contribution is -2.46. The molecule has 1 aliphatic carbocycles. The number of nitrogens with one attached hydrogen (secondary N) is 1. The summed E-state index contributed by atoms with van der Waals surface area (Å²) in [4.78, 5) is 17.4. The van der Waals surface area contributed by atoms with E-state index in [4.69, 9.17) is 0 Å². The summed E-state index contributed by atoms with van der Waals surface area (Å²) in [6.07, 6.45) is 12.2. The van der Waals surface area contributed by atoms with Gasteiger partial charge >= 0.3 is 0 Å². The highest BCUT2D eigenvalue weighted by Crippen LogP contribution is 2.30. The van der Waals surface area contributed by atoms with E-state index in [1.54, 1.807) is 0 Å². The molecule has 1 saturated carbocycles. The van der Waals surface area contributed by atoms with Crippen LogP contribution in [0.2, 0.25) is 0 Å². The number of hydrogen-bond acceptors (Lipinski definition) is 6. The second kappa shape index (κ2) is 8.65. The second-order valence-electron chi connectivity index (χ2n) is 8.03. The number of aromatic nitrogens is 2. The Hall–Kier alpha value is -1.21. The van der Waals surface area contributed by atoms with Crippen LogP contribution in [0, 0.1) is 5.92 Å². The van der Waals surface area contributed by atoms with Crippen molar-refractivity contribution >= 4 is 27.5 Å². The quantitative estimate of drug-likeness (QED) is 0.870. The van der Waals surface area contributed by atoms with E-state index in [9.17, 15) is 4.79 Å². The molecule has 3 aliphatic rings. The molecule has 7 heteroatoms. The maximum Gasteiger partial charge on any atom is 0.229 e. The Balaban J connectivity index is 1.27. The number of amides is 1. The fourth-order valence-electron chi connectivity index (χ4n) is 4.67. The molecule has 0 spiro atoms. The van der Waals surface area contributed by atoms with Crippen molar-refractivity contribution in [3.8, 4) is 0 Å². The van der Waals surface area contributed by atoms with Gasteiger partial charge in [-0.15, -0.1) is 10.2 Å². The topological polar surface area (TPSA) is 61.4 Å². The van der Waals surface area contributed by atoms with Gasteiger partial charge in [0.1, 0.15) is 0 Å². The smallest absolute Gasteiger partial charge is 0.229 e. The lowest BCUT2D eigenvalue weighted by Gasteiger charge is -2.40. The molecular formula is C19H31N5OS. The van der Waals surface area contributed by atoms with Crippen LogP contribution < -0.4 is 10.2 Å². The van der Waals surface area contributed by atoms with Crippen molar-refractivity contribution < 1.29 is 4.79 Å². The zero-order valence-corrected chi connectivity index (χ0v) is 16.5. The average molecular weight is 378 g/mol. The normalized spacial score (nSPS) is 23.9. The zero-order chi connectivity index (χ0) is 17.8. The first-order valence-electron chi connectivity index (χ1n) is 10.4. The number of anilines is 2. The Morgan fingerprint density at radius 2 is 1.58 bits per heavy atom. The standard InChI is InChI=1S/C19H31N5OS/c25-17(15-7-3-1-4-8-15)20-18-21-22-19(26-18)24-13-9-16(10-14-24)23-11-5-2-6-12-23/h15-16H,1-14H2,(H,20,21,25). The van der Waals surface area contributed by atoms with Crippen molar-refractivity contribution in [1.29, 1.82) is 0 Å². The van der Waals surface area contributed by atoms with Crippen LogP contribution in [0.3, 0.4) is 0 Å². The minimum Gasteiger partial charge on any atom is -0.346 e. The van der Waals surface area contributed by atoms with Crippen LogP contribution in [0.15, 0.2) is 0 Å². The Morgan fingerprint density at radius 3 is 2.31 bits per heavy atom. The highest BCUT2D eigenvalue weighted by Gasteiger charge is 2.27. The van der Waals surface area contributed by atoms with Gasteiger partial charge in [0.2, 0.25) is 16.2 Å². The Morgan fingerprint density at radius 1 is 0.885 bits per heavy atom. The number of likely N-dealkylation sites (tertiary alicyclic amines) is 1. The van der Waals surface area contributed by atoms with Crippen molar-refractivity contribution in [2.75, 3.05) is 36.4 Å². The van der Waals surface area contributed by atoms with Crippen LogP contribution in [0.5, 0.6) is 0 Å². The molecule has 0 aromatic carbocycles. The molecule has 1 N–H and O–H groups in total. The van der Waals surface area contributed by atoms with E-state index in [2.05, 4.69) is 25.3 Å². The monoisotopic (exact) mass is 377 g/mol. The molecule has 2 aliphatic heterocycles. The van der Waals surface area contributed by atoms with E-state index in [1.807, 2.05) is 0 Å².